The second-order valence-corrected chi connectivity index (χ2v) is 12.5. The molecule has 3 N–H and O–H groups in total. The molecule has 1 saturated heterocycles. The topological polar surface area (TPSA) is 137 Å². The summed E-state index contributed by atoms with van der Waals surface area (Å²) in [5, 5.41) is 31.7. The summed E-state index contributed by atoms with van der Waals surface area (Å²) >= 11 is 0. The predicted octanol–water partition coefficient (Wildman–Crippen LogP) is 6.40. The Morgan fingerprint density at radius 3 is 1.73 bits per heavy atom. The molecule has 1 aliphatic heterocycles. The van der Waals surface area contributed by atoms with Crippen LogP contribution in [-0.2, 0) is 24.6 Å². The first-order valence-electron chi connectivity index (χ1n) is 17.0. The molecule has 5 atom stereocenters. The van der Waals surface area contributed by atoms with E-state index in [0.29, 0.717) is 23.7 Å². The highest BCUT2D eigenvalue weighted by atomic mass is 16.7. The van der Waals surface area contributed by atoms with Gasteiger partial charge in [-0.15, -0.1) is 0 Å². The van der Waals surface area contributed by atoms with Crippen LogP contribution in [0, 0.1) is 0 Å². The maximum Gasteiger partial charge on any atom is 0.239 e. The van der Waals surface area contributed by atoms with Crippen molar-refractivity contribution in [3.63, 3.8) is 0 Å². The third-order valence-corrected chi connectivity index (χ3v) is 8.78. The first-order valence-corrected chi connectivity index (χ1v) is 17.0. The SMILES string of the molecule is C[C@@H]1O[C@@H](Oc2c(-c3ccc(OCc4ccccc4)cc3)oc3cc(OCc4ccccc4)cc(OCc4ccccc4)c3c2=O)[C@H](O)[C@H](O)[C@H]1O. The van der Waals surface area contributed by atoms with E-state index in [-0.39, 0.29) is 41.4 Å². The Labute approximate surface area is 300 Å². The van der Waals surface area contributed by atoms with Crippen LogP contribution in [0.1, 0.15) is 23.6 Å². The molecule has 0 aliphatic carbocycles. The van der Waals surface area contributed by atoms with Crippen molar-refractivity contribution < 1.29 is 43.4 Å². The molecule has 0 unspecified atom stereocenters. The van der Waals surface area contributed by atoms with E-state index < -0.39 is 36.1 Å². The number of fused-ring (bicyclic) bond motifs is 1. The highest BCUT2D eigenvalue weighted by molar-refractivity contribution is 5.88. The Balaban J connectivity index is 1.31. The van der Waals surface area contributed by atoms with Crippen molar-refractivity contribution in [3.05, 3.63) is 154 Å². The van der Waals surface area contributed by atoms with Crippen LogP contribution in [0.4, 0.5) is 0 Å². The zero-order valence-electron chi connectivity index (χ0n) is 28.3. The average molecular weight is 703 g/mol. The summed E-state index contributed by atoms with van der Waals surface area (Å²) in [6, 6.07) is 39.1. The van der Waals surface area contributed by atoms with Crippen molar-refractivity contribution in [2.24, 2.45) is 0 Å². The number of rotatable bonds is 12. The Morgan fingerprint density at radius 1 is 0.615 bits per heavy atom. The van der Waals surface area contributed by atoms with E-state index in [1.807, 2.05) is 91.0 Å². The molecule has 0 spiro atoms. The first-order chi connectivity index (χ1) is 25.3. The minimum atomic E-state index is -1.68. The summed E-state index contributed by atoms with van der Waals surface area (Å²) in [6.45, 7) is 2.30. The molecule has 266 valence electrons. The molecular formula is C42H38O10. The number of hydrogen-bond donors (Lipinski definition) is 3. The Kier molecular flexibility index (Phi) is 10.5. The molecule has 5 aromatic carbocycles. The van der Waals surface area contributed by atoms with Crippen molar-refractivity contribution in [1.29, 1.82) is 0 Å². The minimum Gasteiger partial charge on any atom is -0.489 e. The zero-order valence-corrected chi connectivity index (χ0v) is 28.3. The zero-order chi connectivity index (χ0) is 36.0. The number of hydrogen-bond acceptors (Lipinski definition) is 10. The second kappa shape index (κ2) is 15.7. The molecule has 0 radical (unpaired) electrons. The van der Waals surface area contributed by atoms with Crippen LogP contribution < -0.4 is 24.4 Å². The number of aliphatic hydroxyl groups is 3. The second-order valence-electron chi connectivity index (χ2n) is 12.5. The molecule has 10 nitrogen and oxygen atoms in total. The Hall–Kier alpha value is -5.65. The highest BCUT2D eigenvalue weighted by Crippen LogP contribution is 2.39. The summed E-state index contributed by atoms with van der Waals surface area (Å²) in [6.07, 6.45) is -7.04. The van der Waals surface area contributed by atoms with Crippen LogP contribution in [0.25, 0.3) is 22.3 Å². The third-order valence-electron chi connectivity index (χ3n) is 8.78. The lowest BCUT2D eigenvalue weighted by molar-refractivity contribution is -0.268. The summed E-state index contributed by atoms with van der Waals surface area (Å²) in [4.78, 5) is 14.6. The molecule has 1 fully saturated rings. The molecule has 2 heterocycles. The summed E-state index contributed by atoms with van der Waals surface area (Å²) < 4.78 is 36.7. The quantitative estimate of drug-likeness (QED) is 0.131. The number of ether oxygens (including phenoxy) is 5. The van der Waals surface area contributed by atoms with Gasteiger partial charge in [-0.1, -0.05) is 91.0 Å². The highest BCUT2D eigenvalue weighted by Gasteiger charge is 2.44. The van der Waals surface area contributed by atoms with Crippen molar-refractivity contribution in [2.45, 2.75) is 57.5 Å². The molecule has 10 heteroatoms. The standard InChI is InChI=1S/C42H38O10/c1-26-36(43)38(45)39(46)42(50-26)52-41-37(44)35-33(49-25-29-15-9-4-10-16-29)21-32(48-24-28-13-7-3-8-14-28)22-34(35)51-40(41)30-17-19-31(20-18-30)47-23-27-11-5-2-6-12-27/h2-22,26,36,38-39,42-43,45-46H,23-25H2,1H3/t26-,36-,38+,39+,42-/m0/s1. The van der Waals surface area contributed by atoms with E-state index in [1.165, 1.54) is 6.92 Å². The molecule has 52 heavy (non-hydrogen) atoms. The molecule has 0 amide bonds. The van der Waals surface area contributed by atoms with Crippen LogP contribution in [-0.4, -0.2) is 46.0 Å². The molecule has 7 rings (SSSR count). The van der Waals surface area contributed by atoms with Gasteiger partial charge in [-0.05, 0) is 47.9 Å². The van der Waals surface area contributed by atoms with Crippen LogP contribution in [0.3, 0.4) is 0 Å². The van der Waals surface area contributed by atoms with E-state index >= 15 is 0 Å². The van der Waals surface area contributed by atoms with Crippen molar-refractivity contribution in [3.8, 4) is 34.3 Å². The van der Waals surface area contributed by atoms with Gasteiger partial charge in [0.25, 0.3) is 0 Å². The largest absolute Gasteiger partial charge is 0.489 e. The van der Waals surface area contributed by atoms with Crippen LogP contribution in [0.5, 0.6) is 23.0 Å². The van der Waals surface area contributed by atoms with Gasteiger partial charge in [0.15, 0.2) is 5.76 Å². The maximum atomic E-state index is 14.6. The fraction of sp³-hybridized carbons (Fsp3) is 0.214. The molecule has 6 aromatic rings. The molecule has 0 saturated carbocycles. The molecule has 1 aromatic heterocycles. The summed E-state index contributed by atoms with van der Waals surface area (Å²) in [5.41, 5.74) is 2.84. The lowest BCUT2D eigenvalue weighted by Crippen LogP contribution is -2.58. The van der Waals surface area contributed by atoms with E-state index in [0.717, 1.165) is 16.7 Å². The van der Waals surface area contributed by atoms with Crippen molar-refractivity contribution in [1.82, 2.24) is 0 Å². The Morgan fingerprint density at radius 2 is 1.15 bits per heavy atom. The molecule has 0 bridgehead atoms. The first kappa shape index (κ1) is 34.8. The monoisotopic (exact) mass is 702 g/mol. The van der Waals surface area contributed by atoms with E-state index in [4.69, 9.17) is 28.1 Å². The van der Waals surface area contributed by atoms with Gasteiger partial charge < -0.3 is 43.4 Å². The van der Waals surface area contributed by atoms with Crippen molar-refractivity contribution >= 4 is 11.0 Å². The fourth-order valence-corrected chi connectivity index (χ4v) is 5.88. The van der Waals surface area contributed by atoms with Crippen LogP contribution in [0.2, 0.25) is 0 Å². The molecule has 1 aliphatic rings. The lowest BCUT2D eigenvalue weighted by Gasteiger charge is -2.38. The van der Waals surface area contributed by atoms with Gasteiger partial charge >= 0.3 is 0 Å². The molecular weight excluding hydrogens is 664 g/mol. The van der Waals surface area contributed by atoms with Crippen LogP contribution in [0.15, 0.2) is 137 Å². The van der Waals surface area contributed by atoms with Gasteiger partial charge in [-0.3, -0.25) is 4.79 Å². The van der Waals surface area contributed by atoms with Gasteiger partial charge in [-0.25, -0.2) is 0 Å². The van der Waals surface area contributed by atoms with E-state index in [9.17, 15) is 20.1 Å². The van der Waals surface area contributed by atoms with E-state index in [1.54, 1.807) is 36.4 Å². The van der Waals surface area contributed by atoms with Crippen molar-refractivity contribution in [2.75, 3.05) is 0 Å². The normalized spacial score (nSPS) is 20.0. The Bertz CT molecular complexity index is 2140. The third kappa shape index (κ3) is 7.80. The maximum absolute atomic E-state index is 14.6. The van der Waals surface area contributed by atoms with Gasteiger partial charge in [-0.2, -0.15) is 0 Å². The number of benzene rings is 5. The summed E-state index contributed by atoms with van der Waals surface area (Å²) in [5.74, 6) is 0.929. The lowest BCUT2D eigenvalue weighted by atomic mass is 10.00. The minimum absolute atomic E-state index is 0.0328. The van der Waals surface area contributed by atoms with Gasteiger partial charge in [0.05, 0.1) is 6.10 Å². The average Bonchev–Trinajstić information content (AvgIpc) is 3.18. The van der Waals surface area contributed by atoms with Crippen LogP contribution >= 0.6 is 0 Å². The number of aliphatic hydroxyl groups excluding tert-OH is 3. The van der Waals surface area contributed by atoms with E-state index in [2.05, 4.69) is 0 Å². The van der Waals surface area contributed by atoms with Gasteiger partial charge in [0, 0.05) is 17.7 Å². The smallest absolute Gasteiger partial charge is 0.239 e. The fourth-order valence-electron chi connectivity index (χ4n) is 5.88. The van der Waals surface area contributed by atoms with Gasteiger partial charge in [0.1, 0.15) is 66.4 Å². The predicted molar refractivity (Wildman–Crippen MR) is 193 cm³/mol. The van der Waals surface area contributed by atoms with Gasteiger partial charge in [0.2, 0.25) is 17.5 Å². The summed E-state index contributed by atoms with van der Waals surface area (Å²) in [7, 11) is 0.